The summed E-state index contributed by atoms with van der Waals surface area (Å²) in [5.41, 5.74) is 1.47. The topological polar surface area (TPSA) is 31.4 Å². The van der Waals surface area contributed by atoms with Gasteiger partial charge in [-0.25, -0.2) is 4.98 Å². The number of aromatic nitrogens is 1. The molecule has 2 rings (SSSR count). The standard InChI is InChI=1S/C16H30N4S/c1-6-7-17-12-14-13(2)18-15(21-14)19-8-10-20(11-9-19)16(3,4)5/h17H,6-12H2,1-5H3. The summed E-state index contributed by atoms with van der Waals surface area (Å²) < 4.78 is 0. The van der Waals surface area contributed by atoms with E-state index in [1.54, 1.807) is 0 Å². The molecule has 4 nitrogen and oxygen atoms in total. The van der Waals surface area contributed by atoms with Crippen LogP contribution in [0.1, 0.15) is 44.7 Å². The monoisotopic (exact) mass is 310 g/mol. The Morgan fingerprint density at radius 3 is 2.43 bits per heavy atom. The normalized spacial score (nSPS) is 17.5. The van der Waals surface area contributed by atoms with Gasteiger partial charge < -0.3 is 10.2 Å². The third-order valence-electron chi connectivity index (χ3n) is 4.09. The van der Waals surface area contributed by atoms with Crippen molar-refractivity contribution in [3.63, 3.8) is 0 Å². The molecule has 1 fully saturated rings. The minimum absolute atomic E-state index is 0.278. The summed E-state index contributed by atoms with van der Waals surface area (Å²) in [6, 6.07) is 0. The van der Waals surface area contributed by atoms with Gasteiger partial charge in [0.2, 0.25) is 0 Å². The summed E-state index contributed by atoms with van der Waals surface area (Å²) in [6.07, 6.45) is 1.18. The van der Waals surface area contributed by atoms with Crippen molar-refractivity contribution in [2.45, 2.75) is 53.1 Å². The van der Waals surface area contributed by atoms with E-state index in [4.69, 9.17) is 4.98 Å². The number of nitrogens with one attached hydrogen (secondary N) is 1. The zero-order valence-electron chi connectivity index (χ0n) is 14.2. The van der Waals surface area contributed by atoms with Crippen molar-refractivity contribution in [3.8, 4) is 0 Å². The molecule has 0 unspecified atom stereocenters. The fourth-order valence-corrected chi connectivity index (χ4v) is 3.74. The number of nitrogens with zero attached hydrogens (tertiary/aromatic N) is 3. The highest BCUT2D eigenvalue weighted by Gasteiger charge is 2.27. The molecule has 21 heavy (non-hydrogen) atoms. The van der Waals surface area contributed by atoms with Crippen LogP contribution in [0.25, 0.3) is 0 Å². The molecular weight excluding hydrogens is 280 g/mol. The Morgan fingerprint density at radius 2 is 1.86 bits per heavy atom. The highest BCUT2D eigenvalue weighted by atomic mass is 32.1. The van der Waals surface area contributed by atoms with Gasteiger partial charge in [0.25, 0.3) is 0 Å². The molecule has 0 aromatic carbocycles. The van der Waals surface area contributed by atoms with Gasteiger partial charge >= 0.3 is 0 Å². The van der Waals surface area contributed by atoms with Crippen molar-refractivity contribution in [2.24, 2.45) is 0 Å². The third-order valence-corrected chi connectivity index (χ3v) is 5.31. The van der Waals surface area contributed by atoms with Crippen molar-refractivity contribution in [1.29, 1.82) is 0 Å². The Morgan fingerprint density at radius 1 is 1.19 bits per heavy atom. The number of hydrogen-bond acceptors (Lipinski definition) is 5. The number of rotatable bonds is 5. The Balaban J connectivity index is 1.93. The molecule has 0 amide bonds. The maximum absolute atomic E-state index is 4.79. The predicted octanol–water partition coefficient (Wildman–Crippen LogP) is 2.87. The van der Waals surface area contributed by atoms with E-state index in [9.17, 15) is 0 Å². The van der Waals surface area contributed by atoms with Crippen molar-refractivity contribution in [1.82, 2.24) is 15.2 Å². The Labute approximate surface area is 133 Å². The summed E-state index contributed by atoms with van der Waals surface area (Å²) in [4.78, 5) is 11.2. The van der Waals surface area contributed by atoms with E-state index in [1.807, 2.05) is 11.3 Å². The second-order valence-electron chi connectivity index (χ2n) is 6.83. The Hall–Kier alpha value is -0.650. The average molecular weight is 311 g/mol. The molecule has 1 aliphatic rings. The Bertz CT molecular complexity index is 442. The molecule has 1 aromatic rings. The number of thiazole rings is 1. The molecular formula is C16H30N4S. The average Bonchev–Trinajstić information content (AvgIpc) is 2.80. The zero-order valence-corrected chi connectivity index (χ0v) is 15.0. The highest BCUT2D eigenvalue weighted by Crippen LogP contribution is 2.27. The molecule has 5 heteroatoms. The largest absolute Gasteiger partial charge is 0.346 e. The van der Waals surface area contributed by atoms with Crippen LogP contribution in [0.4, 0.5) is 5.13 Å². The molecule has 0 bridgehead atoms. The van der Waals surface area contributed by atoms with Gasteiger partial charge in [0.15, 0.2) is 5.13 Å². The lowest BCUT2D eigenvalue weighted by Crippen LogP contribution is -2.53. The molecule has 0 atom stereocenters. The van der Waals surface area contributed by atoms with E-state index < -0.39 is 0 Å². The van der Waals surface area contributed by atoms with Gasteiger partial charge in [0.05, 0.1) is 5.69 Å². The summed E-state index contributed by atoms with van der Waals surface area (Å²) >= 11 is 1.86. The molecule has 2 heterocycles. The number of aryl methyl sites for hydroxylation is 1. The highest BCUT2D eigenvalue weighted by molar-refractivity contribution is 7.15. The molecule has 0 spiro atoms. The second-order valence-corrected chi connectivity index (χ2v) is 7.89. The lowest BCUT2D eigenvalue weighted by atomic mass is 10.1. The molecule has 120 valence electrons. The van der Waals surface area contributed by atoms with Gasteiger partial charge in [-0.15, -0.1) is 11.3 Å². The van der Waals surface area contributed by atoms with Crippen LogP contribution in [0.2, 0.25) is 0 Å². The fourth-order valence-electron chi connectivity index (χ4n) is 2.66. The molecule has 0 aliphatic carbocycles. The van der Waals surface area contributed by atoms with E-state index in [-0.39, 0.29) is 5.54 Å². The van der Waals surface area contributed by atoms with Crippen molar-refractivity contribution >= 4 is 16.5 Å². The maximum Gasteiger partial charge on any atom is 0.185 e. The van der Waals surface area contributed by atoms with Crippen LogP contribution < -0.4 is 10.2 Å². The van der Waals surface area contributed by atoms with Gasteiger partial charge in [-0.2, -0.15) is 0 Å². The number of hydrogen-bond donors (Lipinski definition) is 1. The van der Waals surface area contributed by atoms with Crippen LogP contribution in [0, 0.1) is 6.92 Å². The van der Waals surface area contributed by atoms with Gasteiger partial charge in [-0.05, 0) is 40.7 Å². The second kappa shape index (κ2) is 7.07. The minimum Gasteiger partial charge on any atom is -0.346 e. The van der Waals surface area contributed by atoms with Crippen LogP contribution >= 0.6 is 11.3 Å². The molecule has 1 saturated heterocycles. The molecule has 1 aromatic heterocycles. The van der Waals surface area contributed by atoms with E-state index in [0.717, 1.165) is 39.3 Å². The van der Waals surface area contributed by atoms with Crippen LogP contribution in [0.5, 0.6) is 0 Å². The maximum atomic E-state index is 4.79. The van der Waals surface area contributed by atoms with E-state index in [2.05, 4.69) is 49.7 Å². The number of piperazine rings is 1. The lowest BCUT2D eigenvalue weighted by Gasteiger charge is -2.42. The van der Waals surface area contributed by atoms with Crippen LogP contribution in [0.3, 0.4) is 0 Å². The predicted molar refractivity (Wildman–Crippen MR) is 92.4 cm³/mol. The quantitative estimate of drug-likeness (QED) is 0.848. The van der Waals surface area contributed by atoms with Crippen molar-refractivity contribution in [3.05, 3.63) is 10.6 Å². The van der Waals surface area contributed by atoms with E-state index in [0.29, 0.717) is 0 Å². The summed E-state index contributed by atoms with van der Waals surface area (Å²) in [7, 11) is 0. The van der Waals surface area contributed by atoms with Crippen molar-refractivity contribution < 1.29 is 0 Å². The van der Waals surface area contributed by atoms with Gasteiger partial charge in [-0.1, -0.05) is 6.92 Å². The zero-order chi connectivity index (χ0) is 15.5. The van der Waals surface area contributed by atoms with E-state index in [1.165, 1.54) is 22.1 Å². The van der Waals surface area contributed by atoms with Gasteiger partial charge in [-0.3, -0.25) is 4.90 Å². The molecule has 0 radical (unpaired) electrons. The smallest absolute Gasteiger partial charge is 0.185 e. The van der Waals surface area contributed by atoms with Crippen LogP contribution in [-0.2, 0) is 6.54 Å². The van der Waals surface area contributed by atoms with Crippen LogP contribution in [0.15, 0.2) is 0 Å². The summed E-state index contributed by atoms with van der Waals surface area (Å²) in [6.45, 7) is 17.7. The first-order valence-electron chi connectivity index (χ1n) is 8.09. The first kappa shape index (κ1) is 16.7. The minimum atomic E-state index is 0.278. The van der Waals surface area contributed by atoms with E-state index >= 15 is 0 Å². The first-order valence-corrected chi connectivity index (χ1v) is 8.90. The van der Waals surface area contributed by atoms with Crippen molar-refractivity contribution in [2.75, 3.05) is 37.6 Å². The SMILES string of the molecule is CCCNCc1sc(N2CCN(C(C)(C)C)CC2)nc1C. The summed E-state index contributed by atoms with van der Waals surface area (Å²) in [5.74, 6) is 0. The molecule has 0 saturated carbocycles. The fraction of sp³-hybridized carbons (Fsp3) is 0.812. The van der Waals surface area contributed by atoms with Gasteiger partial charge in [0, 0.05) is 43.1 Å². The third kappa shape index (κ3) is 4.41. The lowest BCUT2D eigenvalue weighted by molar-refractivity contribution is 0.128. The molecule has 1 N–H and O–H groups in total. The summed E-state index contributed by atoms with van der Waals surface area (Å²) in [5, 5.41) is 4.68. The first-order chi connectivity index (χ1) is 9.91. The molecule has 1 aliphatic heterocycles. The van der Waals surface area contributed by atoms with Crippen LogP contribution in [-0.4, -0.2) is 48.1 Å². The number of anilines is 1. The Kier molecular flexibility index (Phi) is 5.63. The van der Waals surface area contributed by atoms with Gasteiger partial charge in [0.1, 0.15) is 0 Å².